The Bertz CT molecular complexity index is 7010. The average molecular weight is 1510 g/mol. The molecule has 3 heterocycles. The molecular formula is C111H88N4S. The summed E-state index contributed by atoms with van der Waals surface area (Å²) in [4.78, 5) is 5.17. The van der Waals surface area contributed by atoms with Crippen molar-refractivity contribution in [2.45, 2.75) is 76.0 Å². The molecule has 25 rings (SSSR count). The first-order valence-electron chi connectivity index (χ1n) is 42.5. The molecule has 18 aromatic rings. The van der Waals surface area contributed by atoms with Gasteiger partial charge in [0.1, 0.15) is 0 Å². The highest BCUT2D eigenvalue weighted by Gasteiger charge is 2.73. The van der Waals surface area contributed by atoms with Crippen LogP contribution in [0.4, 0.5) is 34.1 Å². The molecule has 116 heavy (non-hydrogen) atoms. The normalized spacial score (nSPS) is 22.4. The van der Waals surface area contributed by atoms with Crippen molar-refractivity contribution < 1.29 is 0 Å². The minimum atomic E-state index is 0.170. The van der Waals surface area contributed by atoms with Crippen molar-refractivity contribution in [2.24, 2.45) is 53.3 Å². The third-order valence-corrected chi connectivity index (χ3v) is 30.3. The molecule has 7 aliphatic rings. The predicted molar refractivity (Wildman–Crippen MR) is 489 cm³/mol. The number of rotatable bonds is 14. The first-order chi connectivity index (χ1) is 57.3. The van der Waals surface area contributed by atoms with Gasteiger partial charge >= 0.3 is 0 Å². The summed E-state index contributed by atoms with van der Waals surface area (Å²) in [6.45, 7) is 2.49. The molecule has 15 aromatic carbocycles. The van der Waals surface area contributed by atoms with Crippen molar-refractivity contribution >= 4 is 120 Å². The number of hydrogen-bond acceptors (Lipinski definition) is 3. The third kappa shape index (κ3) is 10.6. The van der Waals surface area contributed by atoms with Crippen LogP contribution in [0.5, 0.6) is 0 Å². The number of nitrogens with zero attached hydrogens (tertiary/aromatic N) is 4. The summed E-state index contributed by atoms with van der Waals surface area (Å²) in [6, 6.07) is 129. The fourth-order valence-electron chi connectivity index (χ4n) is 24.4. The molecule has 11 atom stereocenters. The summed E-state index contributed by atoms with van der Waals surface area (Å²) in [5.74, 6) is 10.1. The second-order valence-corrected chi connectivity index (χ2v) is 36.2. The van der Waals surface area contributed by atoms with Gasteiger partial charge in [-0.15, -0.1) is 23.7 Å². The van der Waals surface area contributed by atoms with Crippen molar-refractivity contribution in [3.63, 3.8) is 0 Å². The van der Waals surface area contributed by atoms with Gasteiger partial charge in [0.25, 0.3) is 0 Å². The van der Waals surface area contributed by atoms with Gasteiger partial charge in [-0.05, 0) is 258 Å². The zero-order chi connectivity index (χ0) is 76.4. The smallest absolute Gasteiger partial charge is 0.0619 e. The Morgan fingerprint density at radius 3 is 1.71 bits per heavy atom. The van der Waals surface area contributed by atoms with Crippen LogP contribution in [0.2, 0.25) is 0 Å². The molecule has 0 N–H and O–H groups in total. The molecular weight excluding hydrogens is 1420 g/mol. The molecule has 7 saturated carbocycles. The average Bonchev–Trinajstić information content (AvgIpc) is 1.48. The standard InChI is InChI=1S/C111H88N4S/c1-3-71-61-70-37-54-86(71)96(60-69(2)59-70)91-28-12-17-33-101(91)113(85-53-56-94-93-30-14-20-36-106(93)116-107(94)66-85)84-49-42-73(43-50-84)72-38-40-75(41-39-72)87-24-9-15-31-99(87)114-102-34-18-13-29-92(102)97-64-77(48-58-104(97)114)78-47-57-98(111-67-80-62-79-63-81(68-111)109(111)108(79)80)105(65-78)112(82-22-5-4-6-23-82)83-51-44-76(45-52-83)88-25-10-16-32-100(88)115-103-35-19-11-27-90(103)95-55-46-74-21-7-8-26-89(74)110(95)115/h1,4-36,38-53,55-58,64-66,69-71,79-81,86,96,108-109H,37,54,59-63,67-68H2,2H3/t69-,70?,71-,79+,80+,81?,86?,96?,108?,109?,111+/m0/s1. The summed E-state index contributed by atoms with van der Waals surface area (Å²) in [7, 11) is 0. The fourth-order valence-corrected chi connectivity index (χ4v) is 25.6. The van der Waals surface area contributed by atoms with Crippen LogP contribution in [0.1, 0.15) is 81.8 Å². The summed E-state index contributed by atoms with van der Waals surface area (Å²) in [5.41, 5.74) is 27.1. The zero-order valence-corrected chi connectivity index (χ0v) is 66.1. The van der Waals surface area contributed by atoms with Crippen LogP contribution in [-0.4, -0.2) is 9.13 Å². The van der Waals surface area contributed by atoms with Gasteiger partial charge in [0, 0.05) is 98.0 Å². The van der Waals surface area contributed by atoms with Crippen LogP contribution >= 0.6 is 11.3 Å². The van der Waals surface area contributed by atoms with Gasteiger partial charge in [0.15, 0.2) is 0 Å². The molecule has 2 bridgehead atoms. The number of aromatic nitrogens is 2. The Balaban J connectivity index is 0.580. The SMILES string of the molecule is C#C[C@H]1CC2CCC1C(c1ccccc1N(c1ccc(-c3ccc(-c4ccccc4-n4c5ccccc5c5cc(-c6ccc([C@]78CC9C[C@H]%10C[C@H](C7)C%10C98)c(N(c7ccccc7)c7ccc(-c8ccccc8-n8c9ccccc9c9ccc%10ccccc%10c98)cc7)c6)ccc54)cc3)cc1)c1ccc3c(c1)sc1ccccc13)C[C@@H](C)C2. The van der Waals surface area contributed by atoms with Crippen molar-refractivity contribution in [3.8, 4) is 68.2 Å². The van der Waals surface area contributed by atoms with E-state index in [1.165, 1.54) is 204 Å². The van der Waals surface area contributed by atoms with E-state index in [0.29, 0.717) is 23.7 Å². The van der Waals surface area contributed by atoms with Crippen LogP contribution in [0.25, 0.3) is 130 Å². The maximum Gasteiger partial charge on any atom is 0.0619 e. The largest absolute Gasteiger partial charge is 0.310 e. The Morgan fingerprint density at radius 2 is 0.931 bits per heavy atom. The molecule has 0 radical (unpaired) electrons. The van der Waals surface area contributed by atoms with Crippen LogP contribution < -0.4 is 9.80 Å². The topological polar surface area (TPSA) is 16.3 Å². The van der Waals surface area contributed by atoms with Crippen LogP contribution in [0.15, 0.2) is 340 Å². The lowest BCUT2D eigenvalue weighted by molar-refractivity contribution is 0.0688. The monoisotopic (exact) mass is 1510 g/mol. The Kier molecular flexibility index (Phi) is 15.7. The molecule has 0 amide bonds. The number of anilines is 6. The van der Waals surface area contributed by atoms with E-state index < -0.39 is 0 Å². The van der Waals surface area contributed by atoms with Gasteiger partial charge in [-0.1, -0.05) is 250 Å². The second-order valence-electron chi connectivity index (χ2n) is 35.1. The van der Waals surface area contributed by atoms with Gasteiger partial charge in [0.2, 0.25) is 0 Å². The number of benzene rings is 15. The van der Waals surface area contributed by atoms with E-state index in [1.807, 2.05) is 11.3 Å². The van der Waals surface area contributed by atoms with Crippen LogP contribution in [-0.2, 0) is 5.41 Å². The van der Waals surface area contributed by atoms with E-state index >= 15 is 0 Å². The molecule has 7 aliphatic carbocycles. The molecule has 5 heteroatoms. The molecule has 0 spiro atoms. The lowest BCUT2D eigenvalue weighted by atomic mass is 9.53. The summed E-state index contributed by atoms with van der Waals surface area (Å²) in [5, 5.41) is 10.2. The van der Waals surface area contributed by atoms with Gasteiger partial charge in [-0.3, -0.25) is 0 Å². The Labute approximate surface area is 682 Å². The predicted octanol–water partition coefficient (Wildman–Crippen LogP) is 30.1. The highest BCUT2D eigenvalue weighted by atomic mass is 32.1. The molecule has 4 nitrogen and oxygen atoms in total. The number of fused-ring (bicyclic) bond motifs is 16. The molecule has 3 aromatic heterocycles. The number of thiophene rings is 1. The first kappa shape index (κ1) is 68.0. The minimum absolute atomic E-state index is 0.170. The Morgan fingerprint density at radius 1 is 0.379 bits per heavy atom. The lowest BCUT2D eigenvalue weighted by Gasteiger charge is -2.52. The molecule has 6 unspecified atom stereocenters. The maximum absolute atomic E-state index is 6.47. The molecule has 0 saturated heterocycles. The van der Waals surface area contributed by atoms with E-state index in [0.717, 1.165) is 65.4 Å². The van der Waals surface area contributed by atoms with E-state index in [1.54, 1.807) is 0 Å². The van der Waals surface area contributed by atoms with Crippen molar-refractivity contribution in [3.05, 3.63) is 351 Å². The molecule has 7 fully saturated rings. The van der Waals surface area contributed by atoms with E-state index in [4.69, 9.17) is 6.42 Å². The van der Waals surface area contributed by atoms with E-state index in [9.17, 15) is 0 Å². The number of terminal acetylenes is 1. The minimum Gasteiger partial charge on any atom is -0.310 e. The van der Waals surface area contributed by atoms with Crippen LogP contribution in [0.3, 0.4) is 0 Å². The Hall–Kier alpha value is -12.5. The summed E-state index contributed by atoms with van der Waals surface area (Å²) in [6.07, 6.45) is 18.0. The maximum atomic E-state index is 6.47. The van der Waals surface area contributed by atoms with Gasteiger partial charge in [-0.2, -0.15) is 0 Å². The third-order valence-electron chi connectivity index (χ3n) is 29.2. The lowest BCUT2D eigenvalue weighted by Crippen LogP contribution is -2.47. The van der Waals surface area contributed by atoms with E-state index in [2.05, 4.69) is 371 Å². The van der Waals surface area contributed by atoms with Crippen LogP contribution in [0, 0.1) is 65.6 Å². The second kappa shape index (κ2) is 26.8. The summed E-state index contributed by atoms with van der Waals surface area (Å²) < 4.78 is 7.66. The number of para-hydroxylation sites is 6. The first-order valence-corrected chi connectivity index (χ1v) is 43.4. The quantitative estimate of drug-likeness (QED) is 0.101. The summed E-state index contributed by atoms with van der Waals surface area (Å²) >= 11 is 1.89. The van der Waals surface area contributed by atoms with E-state index in [-0.39, 0.29) is 5.41 Å². The van der Waals surface area contributed by atoms with Crippen molar-refractivity contribution in [2.75, 3.05) is 9.80 Å². The van der Waals surface area contributed by atoms with Crippen molar-refractivity contribution in [1.29, 1.82) is 0 Å². The highest BCUT2D eigenvalue weighted by Crippen LogP contribution is 2.79. The number of hydrogen-bond donors (Lipinski definition) is 0. The zero-order valence-electron chi connectivity index (χ0n) is 65.2. The highest BCUT2D eigenvalue weighted by molar-refractivity contribution is 7.25. The van der Waals surface area contributed by atoms with Gasteiger partial charge in [-0.25, -0.2) is 0 Å². The van der Waals surface area contributed by atoms with Crippen molar-refractivity contribution in [1.82, 2.24) is 9.13 Å². The molecule has 558 valence electrons. The molecule has 0 aliphatic heterocycles. The van der Waals surface area contributed by atoms with Gasteiger partial charge < -0.3 is 18.9 Å². The fraction of sp³-hybridized carbons (Fsp3) is 0.189. The van der Waals surface area contributed by atoms with Gasteiger partial charge in [0.05, 0.1) is 39.1 Å².